The molecular formula is C16H15Cl2NO. The van der Waals surface area contributed by atoms with Crippen molar-refractivity contribution in [1.29, 1.82) is 0 Å². The fraction of sp³-hybridized carbons (Fsp3) is 0.250. The molecule has 0 heterocycles. The highest BCUT2D eigenvalue weighted by Crippen LogP contribution is 2.38. The van der Waals surface area contributed by atoms with Gasteiger partial charge in [0.1, 0.15) is 11.5 Å². The van der Waals surface area contributed by atoms with Crippen LogP contribution in [0.3, 0.4) is 0 Å². The van der Waals surface area contributed by atoms with Crippen LogP contribution in [0.25, 0.3) is 0 Å². The first kappa shape index (κ1) is 13.6. The van der Waals surface area contributed by atoms with Crippen LogP contribution in [0.5, 0.6) is 11.5 Å². The second kappa shape index (κ2) is 5.55. The van der Waals surface area contributed by atoms with Crippen molar-refractivity contribution in [2.45, 2.75) is 25.7 Å². The summed E-state index contributed by atoms with van der Waals surface area (Å²) < 4.78 is 5.97. The Morgan fingerprint density at radius 3 is 2.30 bits per heavy atom. The highest BCUT2D eigenvalue weighted by molar-refractivity contribution is 6.32. The summed E-state index contributed by atoms with van der Waals surface area (Å²) in [5.74, 6) is 1.46. The van der Waals surface area contributed by atoms with E-state index in [4.69, 9.17) is 33.7 Å². The van der Waals surface area contributed by atoms with Crippen LogP contribution in [0.2, 0.25) is 10.0 Å². The Morgan fingerprint density at radius 2 is 1.55 bits per heavy atom. The van der Waals surface area contributed by atoms with Crippen LogP contribution in [0.1, 0.15) is 24.0 Å². The van der Waals surface area contributed by atoms with Crippen LogP contribution < -0.4 is 10.5 Å². The number of fused-ring (bicyclic) bond motifs is 1. The quantitative estimate of drug-likeness (QED) is 0.769. The van der Waals surface area contributed by atoms with Gasteiger partial charge in [-0.2, -0.15) is 0 Å². The van der Waals surface area contributed by atoms with Gasteiger partial charge < -0.3 is 10.5 Å². The Morgan fingerprint density at radius 1 is 0.850 bits per heavy atom. The highest BCUT2D eigenvalue weighted by Gasteiger charge is 2.18. The fourth-order valence-electron chi connectivity index (χ4n) is 2.60. The van der Waals surface area contributed by atoms with E-state index in [0.717, 1.165) is 23.6 Å². The lowest BCUT2D eigenvalue weighted by atomic mass is 9.91. The third-order valence-corrected chi connectivity index (χ3v) is 4.26. The fourth-order valence-corrected chi connectivity index (χ4v) is 3.10. The second-order valence-corrected chi connectivity index (χ2v) is 5.82. The van der Waals surface area contributed by atoms with E-state index < -0.39 is 0 Å². The molecule has 2 N–H and O–H groups in total. The van der Waals surface area contributed by atoms with Crippen molar-refractivity contribution in [3.8, 4) is 11.5 Å². The maximum absolute atomic E-state index is 6.27. The average Bonchev–Trinajstić information content (AvgIpc) is 2.45. The SMILES string of the molecule is Nc1ccc(Oc2ccc(Cl)c3c2CCCC3)c(Cl)c1. The maximum atomic E-state index is 6.27. The number of ether oxygens (including phenoxy) is 1. The summed E-state index contributed by atoms with van der Waals surface area (Å²) in [4.78, 5) is 0. The van der Waals surface area contributed by atoms with Crippen LogP contribution in [0.15, 0.2) is 30.3 Å². The minimum absolute atomic E-state index is 0.518. The molecule has 0 unspecified atom stereocenters. The Balaban J connectivity index is 1.99. The number of hydrogen-bond acceptors (Lipinski definition) is 2. The number of nitrogen functional groups attached to an aromatic ring is 1. The average molecular weight is 308 g/mol. The van der Waals surface area contributed by atoms with Crippen LogP contribution >= 0.6 is 23.2 Å². The molecule has 20 heavy (non-hydrogen) atoms. The van der Waals surface area contributed by atoms with Gasteiger partial charge in [-0.1, -0.05) is 23.2 Å². The third kappa shape index (κ3) is 2.58. The van der Waals surface area contributed by atoms with E-state index in [-0.39, 0.29) is 0 Å². The number of halogens is 2. The molecule has 4 heteroatoms. The molecule has 0 atom stereocenters. The lowest BCUT2D eigenvalue weighted by Gasteiger charge is -2.21. The summed E-state index contributed by atoms with van der Waals surface area (Å²) in [6.07, 6.45) is 4.36. The highest BCUT2D eigenvalue weighted by atomic mass is 35.5. The van der Waals surface area contributed by atoms with Crippen LogP contribution in [0.4, 0.5) is 5.69 Å². The first-order valence-corrected chi connectivity index (χ1v) is 7.44. The van der Waals surface area contributed by atoms with Crippen molar-refractivity contribution in [1.82, 2.24) is 0 Å². The molecule has 1 aliphatic rings. The first-order valence-electron chi connectivity index (χ1n) is 6.68. The van der Waals surface area contributed by atoms with Gasteiger partial charge in [-0.05, 0) is 67.1 Å². The van der Waals surface area contributed by atoms with Crippen molar-refractivity contribution in [3.05, 3.63) is 51.5 Å². The molecule has 0 saturated heterocycles. The zero-order valence-corrected chi connectivity index (χ0v) is 12.5. The summed E-state index contributed by atoms with van der Waals surface area (Å²) in [6.45, 7) is 0. The molecule has 3 rings (SSSR count). The normalized spacial score (nSPS) is 13.9. The van der Waals surface area contributed by atoms with Crippen molar-refractivity contribution in [3.63, 3.8) is 0 Å². The smallest absolute Gasteiger partial charge is 0.146 e. The van der Waals surface area contributed by atoms with Crippen molar-refractivity contribution >= 4 is 28.9 Å². The minimum atomic E-state index is 0.518. The van der Waals surface area contributed by atoms with Crippen LogP contribution in [-0.4, -0.2) is 0 Å². The predicted octanol–water partition coefficient (Wildman–Crippen LogP) is 5.25. The van der Waals surface area contributed by atoms with E-state index in [0.29, 0.717) is 16.5 Å². The van der Waals surface area contributed by atoms with Crippen molar-refractivity contribution in [2.75, 3.05) is 5.73 Å². The largest absolute Gasteiger partial charge is 0.456 e. The van der Waals surface area contributed by atoms with Crippen LogP contribution in [0, 0.1) is 0 Å². The molecule has 0 aromatic heterocycles. The standard InChI is InChI=1S/C16H15Cl2NO/c17-13-6-8-15(12-4-2-1-3-11(12)13)20-16-7-5-10(19)9-14(16)18/h5-9H,1-4,19H2. The van der Waals surface area contributed by atoms with E-state index in [2.05, 4.69) is 0 Å². The topological polar surface area (TPSA) is 35.2 Å². The zero-order valence-electron chi connectivity index (χ0n) is 11.0. The Hall–Kier alpha value is -1.38. The van der Waals surface area contributed by atoms with E-state index in [1.807, 2.05) is 12.1 Å². The molecule has 0 amide bonds. The molecule has 104 valence electrons. The maximum Gasteiger partial charge on any atom is 0.146 e. The van der Waals surface area contributed by atoms with Gasteiger partial charge in [-0.15, -0.1) is 0 Å². The van der Waals surface area contributed by atoms with E-state index >= 15 is 0 Å². The van der Waals surface area contributed by atoms with Crippen molar-refractivity contribution < 1.29 is 4.74 Å². The van der Waals surface area contributed by atoms with Gasteiger partial charge in [0.05, 0.1) is 5.02 Å². The van der Waals surface area contributed by atoms with Gasteiger partial charge in [-0.3, -0.25) is 0 Å². The molecule has 2 aromatic carbocycles. The molecule has 0 aliphatic heterocycles. The Labute approximate surface area is 128 Å². The molecule has 2 aromatic rings. The van der Waals surface area contributed by atoms with Gasteiger partial charge in [0, 0.05) is 10.7 Å². The first-order chi connectivity index (χ1) is 9.65. The number of hydrogen-bond donors (Lipinski definition) is 1. The Bertz CT molecular complexity index is 655. The number of nitrogens with two attached hydrogens (primary N) is 1. The summed E-state index contributed by atoms with van der Waals surface area (Å²) >= 11 is 12.4. The van der Waals surface area contributed by atoms with E-state index in [1.165, 1.54) is 24.0 Å². The summed E-state index contributed by atoms with van der Waals surface area (Å²) in [5.41, 5.74) is 8.73. The molecule has 0 radical (unpaired) electrons. The molecular weight excluding hydrogens is 293 g/mol. The third-order valence-electron chi connectivity index (χ3n) is 3.61. The van der Waals surface area contributed by atoms with Gasteiger partial charge in [0.15, 0.2) is 0 Å². The lowest BCUT2D eigenvalue weighted by Crippen LogP contribution is -2.05. The van der Waals surface area contributed by atoms with Gasteiger partial charge in [0.2, 0.25) is 0 Å². The van der Waals surface area contributed by atoms with E-state index in [9.17, 15) is 0 Å². The monoisotopic (exact) mass is 307 g/mol. The molecule has 0 saturated carbocycles. The Kier molecular flexibility index (Phi) is 3.77. The summed E-state index contributed by atoms with van der Waals surface area (Å²) in [7, 11) is 0. The molecule has 0 bridgehead atoms. The molecule has 2 nitrogen and oxygen atoms in total. The van der Waals surface area contributed by atoms with Crippen LogP contribution in [-0.2, 0) is 12.8 Å². The minimum Gasteiger partial charge on any atom is -0.456 e. The van der Waals surface area contributed by atoms with Crippen molar-refractivity contribution in [2.24, 2.45) is 0 Å². The summed E-state index contributed by atoms with van der Waals surface area (Å²) in [6, 6.07) is 9.08. The predicted molar refractivity (Wildman–Crippen MR) is 84.0 cm³/mol. The molecule has 0 spiro atoms. The number of benzene rings is 2. The number of anilines is 1. The van der Waals surface area contributed by atoms with E-state index in [1.54, 1.807) is 18.2 Å². The number of rotatable bonds is 2. The lowest BCUT2D eigenvalue weighted by molar-refractivity contribution is 0.470. The zero-order chi connectivity index (χ0) is 14.1. The molecule has 0 fully saturated rings. The van der Waals surface area contributed by atoms with Gasteiger partial charge in [0.25, 0.3) is 0 Å². The second-order valence-electron chi connectivity index (χ2n) is 5.00. The van der Waals surface area contributed by atoms with Gasteiger partial charge in [-0.25, -0.2) is 0 Å². The molecule has 1 aliphatic carbocycles. The summed E-state index contributed by atoms with van der Waals surface area (Å²) in [5, 5.41) is 1.35. The van der Waals surface area contributed by atoms with Gasteiger partial charge >= 0.3 is 0 Å².